The van der Waals surface area contributed by atoms with Crippen molar-refractivity contribution in [3.8, 4) is 0 Å². The highest BCUT2D eigenvalue weighted by Gasteiger charge is 2.58. The van der Waals surface area contributed by atoms with Gasteiger partial charge in [0, 0.05) is 0 Å². The maximum Gasteiger partial charge on any atom is 0.0905 e. The molecule has 0 aliphatic heterocycles. The summed E-state index contributed by atoms with van der Waals surface area (Å²) in [6, 6.07) is 0. The van der Waals surface area contributed by atoms with Crippen LogP contribution in [0.15, 0.2) is 0 Å². The Kier molecular flexibility index (Phi) is 2.34. The van der Waals surface area contributed by atoms with Gasteiger partial charge in [-0.15, -0.1) is 0 Å². The first-order valence-electron chi connectivity index (χ1n) is 5.29. The minimum absolute atomic E-state index is 0.0428. The normalized spacial score (nSPS) is 45.0. The van der Waals surface area contributed by atoms with Gasteiger partial charge in [0.25, 0.3) is 0 Å². The van der Waals surface area contributed by atoms with Gasteiger partial charge < -0.3 is 0 Å². The zero-order valence-corrected chi connectivity index (χ0v) is 8.97. The standard InChI is InChI=1S/C10H19NO3/c1-6-7-4-5-8(10(7,2)3)9(6)14-11(12)13/h6-9,12-13H,4-5H2,1-3H3. The van der Waals surface area contributed by atoms with E-state index in [0.717, 1.165) is 6.42 Å². The molecule has 0 radical (unpaired) electrons. The molecule has 0 aromatic heterocycles. The largest absolute Gasteiger partial charge is 0.266 e. The van der Waals surface area contributed by atoms with Gasteiger partial charge in [0.1, 0.15) is 0 Å². The van der Waals surface area contributed by atoms with Crippen molar-refractivity contribution in [2.45, 2.75) is 39.7 Å². The Labute approximate surface area is 84.3 Å². The zero-order valence-electron chi connectivity index (χ0n) is 8.97. The fraction of sp³-hybridized carbons (Fsp3) is 1.00. The van der Waals surface area contributed by atoms with Crippen LogP contribution in [0.2, 0.25) is 0 Å². The van der Waals surface area contributed by atoms with Gasteiger partial charge in [-0.3, -0.25) is 10.4 Å². The molecule has 2 saturated carbocycles. The molecular weight excluding hydrogens is 182 g/mol. The SMILES string of the molecule is CC1C(ON(O)O)C2CCC1C2(C)C. The summed E-state index contributed by atoms with van der Waals surface area (Å²) >= 11 is 0. The number of rotatable bonds is 2. The third-order valence-corrected chi connectivity index (χ3v) is 4.47. The maximum atomic E-state index is 8.70. The molecule has 82 valence electrons. The molecule has 2 rings (SSSR count). The Balaban J connectivity index is 2.15. The summed E-state index contributed by atoms with van der Waals surface area (Å²) in [5.41, 5.74) is 0.278. The fourth-order valence-corrected chi connectivity index (χ4v) is 3.78. The third-order valence-electron chi connectivity index (χ3n) is 4.47. The van der Waals surface area contributed by atoms with Crippen molar-refractivity contribution < 1.29 is 15.3 Å². The van der Waals surface area contributed by atoms with Crippen LogP contribution in [0.4, 0.5) is 0 Å². The Morgan fingerprint density at radius 1 is 1.21 bits per heavy atom. The van der Waals surface area contributed by atoms with Gasteiger partial charge in [-0.05, 0) is 36.0 Å². The van der Waals surface area contributed by atoms with Crippen molar-refractivity contribution in [3.63, 3.8) is 0 Å². The lowest BCUT2D eigenvalue weighted by molar-refractivity contribution is -0.510. The molecule has 0 saturated heterocycles. The highest BCUT2D eigenvalue weighted by Crippen LogP contribution is 2.60. The highest BCUT2D eigenvalue weighted by atomic mass is 17.1. The van der Waals surface area contributed by atoms with Crippen LogP contribution in [0.1, 0.15) is 33.6 Å². The Morgan fingerprint density at radius 3 is 2.21 bits per heavy atom. The molecule has 0 aromatic carbocycles. The molecule has 4 unspecified atom stereocenters. The summed E-state index contributed by atoms with van der Waals surface area (Å²) in [7, 11) is 0. The van der Waals surface area contributed by atoms with Crippen LogP contribution < -0.4 is 0 Å². The predicted molar refractivity (Wildman–Crippen MR) is 49.4 cm³/mol. The van der Waals surface area contributed by atoms with Crippen molar-refractivity contribution in [1.29, 1.82) is 0 Å². The van der Waals surface area contributed by atoms with E-state index in [2.05, 4.69) is 20.8 Å². The van der Waals surface area contributed by atoms with Crippen molar-refractivity contribution in [2.75, 3.05) is 0 Å². The van der Waals surface area contributed by atoms with Gasteiger partial charge in [0.15, 0.2) is 0 Å². The van der Waals surface area contributed by atoms with Gasteiger partial charge in [-0.2, -0.15) is 0 Å². The van der Waals surface area contributed by atoms with Crippen molar-refractivity contribution >= 4 is 0 Å². The molecule has 4 atom stereocenters. The van der Waals surface area contributed by atoms with Crippen molar-refractivity contribution in [1.82, 2.24) is 5.39 Å². The first-order valence-corrected chi connectivity index (χ1v) is 5.29. The van der Waals surface area contributed by atoms with Crippen LogP contribution in [0.25, 0.3) is 0 Å². The lowest BCUT2D eigenvalue weighted by Crippen LogP contribution is -2.34. The molecule has 4 heteroatoms. The second-order valence-electron chi connectivity index (χ2n) is 5.29. The summed E-state index contributed by atoms with van der Waals surface area (Å²) in [4.78, 5) is 5.04. The van der Waals surface area contributed by atoms with Crippen LogP contribution >= 0.6 is 0 Å². The molecule has 0 aromatic rings. The summed E-state index contributed by atoms with van der Waals surface area (Å²) in [6.45, 7) is 6.66. The van der Waals surface area contributed by atoms with Gasteiger partial charge in [0.05, 0.1) is 11.5 Å². The van der Waals surface area contributed by atoms with Crippen LogP contribution in [-0.4, -0.2) is 21.9 Å². The summed E-state index contributed by atoms with van der Waals surface area (Å²) in [5.74, 6) is 1.51. The van der Waals surface area contributed by atoms with E-state index in [4.69, 9.17) is 15.3 Å². The first-order chi connectivity index (χ1) is 6.44. The molecule has 2 bridgehead atoms. The minimum atomic E-state index is -0.127. The Hall–Kier alpha value is -0.160. The van der Waals surface area contributed by atoms with E-state index in [-0.39, 0.29) is 16.9 Å². The highest BCUT2D eigenvalue weighted by molar-refractivity contribution is 5.06. The molecule has 2 fully saturated rings. The average molecular weight is 201 g/mol. The van der Waals surface area contributed by atoms with E-state index in [1.165, 1.54) is 6.42 Å². The topological polar surface area (TPSA) is 52.9 Å². The van der Waals surface area contributed by atoms with Crippen molar-refractivity contribution in [3.05, 3.63) is 0 Å². The number of hydrogen-bond acceptors (Lipinski definition) is 4. The summed E-state index contributed by atoms with van der Waals surface area (Å²) < 4.78 is 0. The lowest BCUT2D eigenvalue weighted by atomic mass is 9.80. The average Bonchev–Trinajstić information content (AvgIpc) is 2.42. The van der Waals surface area contributed by atoms with E-state index in [1.54, 1.807) is 0 Å². The molecule has 0 spiro atoms. The second kappa shape index (κ2) is 3.17. The smallest absolute Gasteiger partial charge is 0.0905 e. The molecule has 14 heavy (non-hydrogen) atoms. The molecule has 2 aliphatic rings. The molecular formula is C10H19NO3. The molecule has 2 N–H and O–H groups in total. The molecule has 4 nitrogen and oxygen atoms in total. The molecule has 2 aliphatic carbocycles. The third kappa shape index (κ3) is 1.29. The number of nitrogens with zero attached hydrogens (tertiary/aromatic N) is 1. The number of hydrogen-bond donors (Lipinski definition) is 2. The molecule has 0 heterocycles. The van der Waals surface area contributed by atoms with Crippen LogP contribution in [0, 0.1) is 23.2 Å². The quantitative estimate of drug-likeness (QED) is 0.671. The van der Waals surface area contributed by atoms with Gasteiger partial charge in [-0.1, -0.05) is 20.8 Å². The van der Waals surface area contributed by atoms with E-state index >= 15 is 0 Å². The molecule has 0 amide bonds. The van der Waals surface area contributed by atoms with Gasteiger partial charge in [0.2, 0.25) is 0 Å². The van der Waals surface area contributed by atoms with Crippen LogP contribution in [0.3, 0.4) is 0 Å². The first kappa shape index (κ1) is 10.4. The predicted octanol–water partition coefficient (Wildman–Crippen LogP) is 2.07. The Bertz CT molecular complexity index is 229. The van der Waals surface area contributed by atoms with Gasteiger partial charge in [-0.25, -0.2) is 4.84 Å². The van der Waals surface area contributed by atoms with Crippen molar-refractivity contribution in [2.24, 2.45) is 23.2 Å². The van der Waals surface area contributed by atoms with Crippen LogP contribution in [0.5, 0.6) is 0 Å². The number of fused-ring (bicyclic) bond motifs is 2. The Morgan fingerprint density at radius 2 is 1.79 bits per heavy atom. The van der Waals surface area contributed by atoms with Crippen LogP contribution in [-0.2, 0) is 4.84 Å². The minimum Gasteiger partial charge on any atom is -0.266 e. The summed E-state index contributed by atoms with van der Waals surface area (Å²) in [6.07, 6.45) is 2.34. The van der Waals surface area contributed by atoms with E-state index < -0.39 is 0 Å². The second-order valence-corrected chi connectivity index (χ2v) is 5.29. The van der Waals surface area contributed by atoms with Gasteiger partial charge >= 0.3 is 0 Å². The maximum absolute atomic E-state index is 8.70. The van der Waals surface area contributed by atoms with E-state index in [0.29, 0.717) is 17.8 Å². The van der Waals surface area contributed by atoms with E-state index in [1.807, 2.05) is 0 Å². The lowest BCUT2D eigenvalue weighted by Gasteiger charge is -2.28. The fourth-order valence-electron chi connectivity index (χ4n) is 3.78. The summed E-state index contributed by atoms with van der Waals surface area (Å²) in [5, 5.41) is 17.3. The van der Waals surface area contributed by atoms with E-state index in [9.17, 15) is 0 Å². The monoisotopic (exact) mass is 201 g/mol. The zero-order chi connectivity index (χ0) is 10.5.